The van der Waals surface area contributed by atoms with Crippen LogP contribution in [0.25, 0.3) is 11.5 Å². The molecule has 39 heavy (non-hydrogen) atoms. The molecule has 2 amide bonds. The normalized spacial score (nSPS) is 14.4. The lowest BCUT2D eigenvalue weighted by Gasteiger charge is -2.31. The van der Waals surface area contributed by atoms with Crippen LogP contribution in [0.5, 0.6) is 5.75 Å². The van der Waals surface area contributed by atoms with Gasteiger partial charge in [0.25, 0.3) is 0 Å². The number of hydrogen-bond acceptors (Lipinski definition) is 3. The molecule has 1 aliphatic heterocycles. The maximum Gasteiger partial charge on any atom is 0.323 e. The predicted molar refractivity (Wildman–Crippen MR) is 148 cm³/mol. The van der Waals surface area contributed by atoms with E-state index >= 15 is 0 Å². The Morgan fingerprint density at radius 1 is 1.05 bits per heavy atom. The zero-order valence-corrected chi connectivity index (χ0v) is 22.1. The summed E-state index contributed by atoms with van der Waals surface area (Å²) in [6.45, 7) is 2.20. The summed E-state index contributed by atoms with van der Waals surface area (Å²) in [5.74, 6) is 0.987. The number of anilines is 1. The van der Waals surface area contributed by atoms with E-state index in [2.05, 4.69) is 9.88 Å². The molecule has 1 atom stereocenters. The maximum atomic E-state index is 14.1. The second-order valence-electron chi connectivity index (χ2n) is 9.29. The van der Waals surface area contributed by atoms with Crippen molar-refractivity contribution in [2.45, 2.75) is 19.5 Å². The smallest absolute Gasteiger partial charge is 0.323 e. The molecular formula is C30H25ClFN5O2. The number of hydrogen-bond donors (Lipinski definition) is 1. The molecule has 0 saturated heterocycles. The van der Waals surface area contributed by atoms with E-state index in [4.69, 9.17) is 21.4 Å². The number of fused-ring (bicyclic) bond motifs is 3. The summed E-state index contributed by atoms with van der Waals surface area (Å²) < 4.78 is 23.4. The number of carbonyl (C=O) groups excluding carboxylic acids is 1. The summed E-state index contributed by atoms with van der Waals surface area (Å²) in [6.07, 6.45) is 1.96. The Kier molecular flexibility index (Phi) is 6.32. The number of ether oxygens (including phenoxy) is 1. The monoisotopic (exact) mass is 541 g/mol. The molecule has 196 valence electrons. The largest absolute Gasteiger partial charge is 0.495 e. The van der Waals surface area contributed by atoms with Gasteiger partial charge in [0.2, 0.25) is 0 Å². The quantitative estimate of drug-likeness (QED) is 0.269. The third kappa shape index (κ3) is 4.42. The molecule has 2 aromatic heterocycles. The van der Waals surface area contributed by atoms with Crippen molar-refractivity contribution < 1.29 is 13.9 Å². The summed E-state index contributed by atoms with van der Waals surface area (Å²) in [4.78, 5) is 15.8. The molecule has 3 aromatic carbocycles. The second-order valence-corrected chi connectivity index (χ2v) is 9.73. The first kappa shape index (κ1) is 24.8. The van der Waals surface area contributed by atoms with Gasteiger partial charge in [-0.2, -0.15) is 5.10 Å². The molecule has 0 saturated carbocycles. The Balaban J connectivity index is 1.53. The van der Waals surface area contributed by atoms with Gasteiger partial charge in [0, 0.05) is 16.8 Å². The first-order valence-electron chi connectivity index (χ1n) is 12.4. The molecule has 9 heteroatoms. The minimum Gasteiger partial charge on any atom is -0.495 e. The van der Waals surface area contributed by atoms with Crippen molar-refractivity contribution in [2.75, 3.05) is 12.4 Å². The van der Waals surface area contributed by atoms with E-state index in [9.17, 15) is 9.18 Å². The molecule has 5 aromatic rings. The molecule has 0 radical (unpaired) electrons. The third-order valence-corrected chi connectivity index (χ3v) is 7.17. The number of benzene rings is 3. The van der Waals surface area contributed by atoms with Crippen molar-refractivity contribution >= 4 is 23.3 Å². The van der Waals surface area contributed by atoms with E-state index in [0.717, 1.165) is 34.0 Å². The lowest BCUT2D eigenvalue weighted by Crippen LogP contribution is -2.38. The Bertz CT molecular complexity index is 1660. The highest BCUT2D eigenvalue weighted by atomic mass is 35.5. The van der Waals surface area contributed by atoms with Crippen LogP contribution in [-0.4, -0.2) is 32.4 Å². The van der Waals surface area contributed by atoms with Gasteiger partial charge in [-0.25, -0.2) is 13.9 Å². The van der Waals surface area contributed by atoms with Crippen LogP contribution in [0, 0.1) is 12.7 Å². The zero-order chi connectivity index (χ0) is 27.1. The van der Waals surface area contributed by atoms with Gasteiger partial charge in [0.15, 0.2) is 0 Å². The summed E-state index contributed by atoms with van der Waals surface area (Å²) in [5, 5.41) is 8.31. The summed E-state index contributed by atoms with van der Waals surface area (Å²) >= 11 is 6.24. The Morgan fingerprint density at radius 3 is 2.56 bits per heavy atom. The fourth-order valence-corrected chi connectivity index (χ4v) is 5.28. The number of nitrogens with zero attached hydrogens (tertiary/aromatic N) is 4. The number of aryl methyl sites for hydroxylation is 1. The molecular weight excluding hydrogens is 517 g/mol. The van der Waals surface area contributed by atoms with Gasteiger partial charge in [0.05, 0.1) is 42.5 Å². The summed E-state index contributed by atoms with van der Waals surface area (Å²) in [6, 6.07) is 24.2. The van der Waals surface area contributed by atoms with Gasteiger partial charge < -0.3 is 19.5 Å². The molecule has 3 heterocycles. The Labute approximate surface area is 230 Å². The number of amides is 2. The minimum atomic E-state index is -0.526. The number of methoxy groups -OCH3 is 1. The molecule has 0 bridgehead atoms. The van der Waals surface area contributed by atoms with E-state index in [0.29, 0.717) is 16.5 Å². The highest BCUT2D eigenvalue weighted by Crippen LogP contribution is 2.39. The van der Waals surface area contributed by atoms with Crippen molar-refractivity contribution in [1.29, 1.82) is 0 Å². The van der Waals surface area contributed by atoms with Gasteiger partial charge in [-0.05, 0) is 67.1 Å². The topological polar surface area (TPSA) is 64.3 Å². The lowest BCUT2D eigenvalue weighted by molar-refractivity contribution is 0.194. The minimum absolute atomic E-state index is 0.256. The molecule has 1 aliphatic rings. The summed E-state index contributed by atoms with van der Waals surface area (Å²) in [5.41, 5.74) is 4.66. The first-order chi connectivity index (χ1) is 18.9. The van der Waals surface area contributed by atoms with Crippen LogP contribution in [-0.2, 0) is 6.54 Å². The van der Waals surface area contributed by atoms with Crippen LogP contribution in [0.4, 0.5) is 14.9 Å². The molecule has 1 unspecified atom stereocenters. The molecule has 0 fully saturated rings. The second kappa shape index (κ2) is 9.96. The SMILES string of the molecule is COc1ccc(Cl)cc1NC(=O)N1Cc2c(C)nn(-c3ccccc3)c2-n2cccc2C1c1ccc(F)cc1. The van der Waals surface area contributed by atoms with Crippen molar-refractivity contribution in [3.05, 3.63) is 124 Å². The first-order valence-corrected chi connectivity index (χ1v) is 12.8. The number of rotatable bonds is 4. The fraction of sp³-hybridized carbons (Fsp3) is 0.133. The highest BCUT2D eigenvalue weighted by molar-refractivity contribution is 6.31. The predicted octanol–water partition coefficient (Wildman–Crippen LogP) is 6.91. The average molecular weight is 542 g/mol. The van der Waals surface area contributed by atoms with E-state index in [1.807, 2.05) is 60.3 Å². The van der Waals surface area contributed by atoms with Gasteiger partial charge in [-0.15, -0.1) is 0 Å². The number of carbonyl (C=O) groups is 1. The van der Waals surface area contributed by atoms with Crippen molar-refractivity contribution in [2.24, 2.45) is 0 Å². The van der Waals surface area contributed by atoms with Crippen LogP contribution >= 0.6 is 11.6 Å². The standard InChI is InChI=1S/C30H25ClFN5O2/c1-19-24-18-36(30(38)33-25-17-21(31)12-15-27(25)39-2)28(20-10-13-22(32)14-11-20)26-9-6-16-35(26)29(24)37(34-19)23-7-4-3-5-8-23/h3-17,28H,18H2,1-2H3,(H,33,38). The average Bonchev–Trinajstić information content (AvgIpc) is 3.50. The maximum absolute atomic E-state index is 14.1. The molecule has 0 aliphatic carbocycles. The van der Waals surface area contributed by atoms with Crippen molar-refractivity contribution in [1.82, 2.24) is 19.2 Å². The van der Waals surface area contributed by atoms with Crippen molar-refractivity contribution in [3.8, 4) is 17.3 Å². The molecule has 0 spiro atoms. The van der Waals surface area contributed by atoms with Crippen LogP contribution < -0.4 is 10.1 Å². The Morgan fingerprint density at radius 2 is 1.82 bits per heavy atom. The van der Waals surface area contributed by atoms with Gasteiger partial charge in [-0.1, -0.05) is 41.9 Å². The van der Waals surface area contributed by atoms with Gasteiger partial charge in [0.1, 0.15) is 17.4 Å². The zero-order valence-electron chi connectivity index (χ0n) is 21.3. The number of halogens is 2. The number of para-hydroxylation sites is 1. The van der Waals surface area contributed by atoms with Gasteiger partial charge >= 0.3 is 6.03 Å². The Hall–Kier alpha value is -4.56. The van der Waals surface area contributed by atoms with E-state index in [-0.39, 0.29) is 18.4 Å². The van der Waals surface area contributed by atoms with E-state index < -0.39 is 6.04 Å². The summed E-state index contributed by atoms with van der Waals surface area (Å²) in [7, 11) is 1.53. The lowest BCUT2D eigenvalue weighted by atomic mass is 10.0. The van der Waals surface area contributed by atoms with Gasteiger partial charge in [-0.3, -0.25) is 0 Å². The number of nitrogens with one attached hydrogen (secondary N) is 1. The van der Waals surface area contributed by atoms with Crippen LogP contribution in [0.3, 0.4) is 0 Å². The van der Waals surface area contributed by atoms with Crippen LogP contribution in [0.1, 0.15) is 28.6 Å². The number of urea groups is 1. The van der Waals surface area contributed by atoms with Crippen LogP contribution in [0.15, 0.2) is 91.1 Å². The van der Waals surface area contributed by atoms with Crippen molar-refractivity contribution in [3.63, 3.8) is 0 Å². The molecule has 7 nitrogen and oxygen atoms in total. The fourth-order valence-electron chi connectivity index (χ4n) is 5.11. The number of aromatic nitrogens is 3. The molecule has 1 N–H and O–H groups in total. The molecule has 6 rings (SSSR count). The van der Waals surface area contributed by atoms with Crippen LogP contribution in [0.2, 0.25) is 5.02 Å². The van der Waals surface area contributed by atoms with E-state index in [1.54, 1.807) is 35.2 Å². The third-order valence-electron chi connectivity index (χ3n) is 6.94. The highest BCUT2D eigenvalue weighted by Gasteiger charge is 2.36. The van der Waals surface area contributed by atoms with E-state index in [1.165, 1.54) is 19.2 Å².